The van der Waals surface area contributed by atoms with Crippen LogP contribution in [0.5, 0.6) is 11.5 Å². The van der Waals surface area contributed by atoms with Gasteiger partial charge < -0.3 is 19.9 Å². The van der Waals surface area contributed by atoms with Crippen LogP contribution in [0.4, 0.5) is 0 Å². The van der Waals surface area contributed by atoms with E-state index in [1.54, 1.807) is 7.11 Å². The molecule has 0 amide bonds. The molecule has 0 fully saturated rings. The van der Waals surface area contributed by atoms with Gasteiger partial charge in [0.15, 0.2) is 18.3 Å². The molecule has 0 spiro atoms. The predicted molar refractivity (Wildman–Crippen MR) is 82.5 cm³/mol. The Labute approximate surface area is 125 Å². The van der Waals surface area contributed by atoms with Gasteiger partial charge in [0, 0.05) is 7.11 Å². The molecule has 0 aromatic heterocycles. The van der Waals surface area contributed by atoms with Crippen molar-refractivity contribution >= 4 is 0 Å². The summed E-state index contributed by atoms with van der Waals surface area (Å²) in [6.07, 6.45) is 0.812. The fourth-order valence-corrected chi connectivity index (χ4v) is 1.96. The van der Waals surface area contributed by atoms with Crippen molar-refractivity contribution in [1.82, 2.24) is 0 Å². The van der Waals surface area contributed by atoms with Crippen molar-refractivity contribution < 1.29 is 14.2 Å². The molecular weight excluding hydrogens is 266 g/mol. The van der Waals surface area contributed by atoms with Gasteiger partial charge in [-0.2, -0.15) is 0 Å². The van der Waals surface area contributed by atoms with Crippen LogP contribution >= 0.6 is 0 Å². The third kappa shape index (κ3) is 4.77. The Morgan fingerprint density at radius 2 is 1.71 bits per heavy atom. The van der Waals surface area contributed by atoms with Crippen LogP contribution in [-0.4, -0.2) is 20.4 Å². The zero-order valence-corrected chi connectivity index (χ0v) is 12.2. The molecule has 4 heteroatoms. The molecule has 2 aromatic rings. The van der Waals surface area contributed by atoms with Crippen molar-refractivity contribution in [2.24, 2.45) is 5.73 Å². The summed E-state index contributed by atoms with van der Waals surface area (Å²) in [7, 11) is 1.59. The molecule has 0 radical (unpaired) electrons. The van der Waals surface area contributed by atoms with Crippen LogP contribution in [0.1, 0.15) is 11.1 Å². The number of nitrogens with two attached hydrogens (primary N) is 1. The van der Waals surface area contributed by atoms with Gasteiger partial charge in [-0.3, -0.25) is 0 Å². The molecule has 0 aliphatic carbocycles. The Morgan fingerprint density at radius 1 is 0.905 bits per heavy atom. The molecule has 0 saturated carbocycles. The summed E-state index contributed by atoms with van der Waals surface area (Å²) >= 11 is 0. The summed E-state index contributed by atoms with van der Waals surface area (Å²) < 4.78 is 16.4. The molecule has 4 nitrogen and oxygen atoms in total. The van der Waals surface area contributed by atoms with Crippen molar-refractivity contribution in [1.29, 1.82) is 0 Å². The van der Waals surface area contributed by atoms with E-state index in [-0.39, 0.29) is 6.79 Å². The van der Waals surface area contributed by atoms with Crippen LogP contribution in [0.15, 0.2) is 48.5 Å². The summed E-state index contributed by atoms with van der Waals surface area (Å²) in [5.74, 6) is 1.38. The Hall–Kier alpha value is -2.04. The van der Waals surface area contributed by atoms with E-state index < -0.39 is 0 Å². The maximum atomic E-state index is 5.89. The molecule has 2 N–H and O–H groups in total. The van der Waals surface area contributed by atoms with Crippen molar-refractivity contribution in [3.63, 3.8) is 0 Å². The van der Waals surface area contributed by atoms with E-state index in [4.69, 9.17) is 19.9 Å². The molecule has 0 aliphatic heterocycles. The van der Waals surface area contributed by atoms with Crippen LogP contribution in [0.2, 0.25) is 0 Å². The van der Waals surface area contributed by atoms with Crippen molar-refractivity contribution in [3.05, 3.63) is 59.7 Å². The predicted octanol–water partition coefficient (Wildman–Crippen LogP) is 2.75. The molecule has 21 heavy (non-hydrogen) atoms. The molecule has 0 atom stereocenters. The standard InChI is InChI=1S/C17H21NO3/c1-19-13-21-16-8-7-14(9-10-18)11-17(16)20-12-15-5-3-2-4-6-15/h2-8,11H,9-10,12-13,18H2,1H3. The second-order valence-electron chi connectivity index (χ2n) is 4.64. The van der Waals surface area contributed by atoms with Crippen LogP contribution in [0.25, 0.3) is 0 Å². The summed E-state index contributed by atoms with van der Waals surface area (Å²) in [6, 6.07) is 15.9. The monoisotopic (exact) mass is 287 g/mol. The number of rotatable bonds is 8. The van der Waals surface area contributed by atoms with Gasteiger partial charge in [-0.1, -0.05) is 36.4 Å². The minimum absolute atomic E-state index is 0.192. The normalized spacial score (nSPS) is 10.4. The average Bonchev–Trinajstić information content (AvgIpc) is 2.53. The number of benzene rings is 2. The zero-order valence-electron chi connectivity index (χ0n) is 12.2. The Bertz CT molecular complexity index is 543. The van der Waals surface area contributed by atoms with Gasteiger partial charge in [0.1, 0.15) is 6.61 Å². The van der Waals surface area contributed by atoms with E-state index in [0.29, 0.717) is 24.7 Å². The lowest BCUT2D eigenvalue weighted by atomic mass is 10.1. The van der Waals surface area contributed by atoms with Gasteiger partial charge in [-0.25, -0.2) is 0 Å². The van der Waals surface area contributed by atoms with Crippen molar-refractivity contribution in [3.8, 4) is 11.5 Å². The summed E-state index contributed by atoms with van der Waals surface area (Å²) in [5, 5.41) is 0. The van der Waals surface area contributed by atoms with Gasteiger partial charge in [-0.15, -0.1) is 0 Å². The molecule has 0 saturated heterocycles. The van der Waals surface area contributed by atoms with E-state index in [1.807, 2.05) is 48.5 Å². The molecule has 2 aromatic carbocycles. The smallest absolute Gasteiger partial charge is 0.188 e. The quantitative estimate of drug-likeness (QED) is 0.759. The fourth-order valence-electron chi connectivity index (χ4n) is 1.96. The first-order chi connectivity index (χ1) is 10.3. The zero-order chi connectivity index (χ0) is 14.9. The van der Waals surface area contributed by atoms with Crippen LogP contribution in [0.3, 0.4) is 0 Å². The number of hydrogen-bond donors (Lipinski definition) is 1. The van der Waals surface area contributed by atoms with E-state index in [2.05, 4.69) is 0 Å². The highest BCUT2D eigenvalue weighted by Crippen LogP contribution is 2.29. The lowest BCUT2D eigenvalue weighted by molar-refractivity contribution is 0.0484. The second kappa shape index (κ2) is 8.29. The molecule has 0 bridgehead atoms. The van der Waals surface area contributed by atoms with E-state index in [9.17, 15) is 0 Å². The van der Waals surface area contributed by atoms with Gasteiger partial charge in [0.25, 0.3) is 0 Å². The van der Waals surface area contributed by atoms with Crippen LogP contribution in [-0.2, 0) is 17.8 Å². The Kier molecular flexibility index (Phi) is 6.06. The fraction of sp³-hybridized carbons (Fsp3) is 0.294. The Morgan fingerprint density at radius 3 is 2.43 bits per heavy atom. The van der Waals surface area contributed by atoms with Gasteiger partial charge in [0.2, 0.25) is 0 Å². The third-order valence-electron chi connectivity index (χ3n) is 3.01. The topological polar surface area (TPSA) is 53.7 Å². The first-order valence-electron chi connectivity index (χ1n) is 6.95. The highest BCUT2D eigenvalue weighted by atomic mass is 16.7. The van der Waals surface area contributed by atoms with Gasteiger partial charge in [0.05, 0.1) is 0 Å². The molecule has 0 heterocycles. The lowest BCUT2D eigenvalue weighted by Gasteiger charge is -2.14. The minimum Gasteiger partial charge on any atom is -0.485 e. The summed E-state index contributed by atoms with van der Waals surface area (Å²) in [6.45, 7) is 1.30. The van der Waals surface area contributed by atoms with E-state index in [0.717, 1.165) is 17.5 Å². The molecule has 0 unspecified atom stereocenters. The SMILES string of the molecule is COCOc1ccc(CCN)cc1OCc1ccccc1. The highest BCUT2D eigenvalue weighted by Gasteiger charge is 2.07. The summed E-state index contributed by atoms with van der Waals surface area (Å²) in [4.78, 5) is 0. The largest absolute Gasteiger partial charge is 0.485 e. The maximum Gasteiger partial charge on any atom is 0.188 e. The highest BCUT2D eigenvalue weighted by molar-refractivity contribution is 5.43. The first-order valence-corrected chi connectivity index (χ1v) is 6.95. The number of hydrogen-bond acceptors (Lipinski definition) is 4. The van der Waals surface area contributed by atoms with Gasteiger partial charge in [-0.05, 0) is 36.2 Å². The Balaban J connectivity index is 2.11. The number of ether oxygens (including phenoxy) is 3. The second-order valence-corrected chi connectivity index (χ2v) is 4.64. The van der Waals surface area contributed by atoms with Crippen LogP contribution < -0.4 is 15.2 Å². The average molecular weight is 287 g/mol. The van der Waals surface area contributed by atoms with Gasteiger partial charge >= 0.3 is 0 Å². The van der Waals surface area contributed by atoms with E-state index >= 15 is 0 Å². The summed E-state index contributed by atoms with van der Waals surface area (Å²) in [5.41, 5.74) is 7.84. The first kappa shape index (κ1) is 15.4. The molecule has 0 aliphatic rings. The van der Waals surface area contributed by atoms with E-state index in [1.165, 1.54) is 0 Å². The van der Waals surface area contributed by atoms with Crippen molar-refractivity contribution in [2.45, 2.75) is 13.0 Å². The minimum atomic E-state index is 0.192. The lowest BCUT2D eigenvalue weighted by Crippen LogP contribution is -2.05. The van der Waals surface area contributed by atoms with Crippen molar-refractivity contribution in [2.75, 3.05) is 20.4 Å². The number of methoxy groups -OCH3 is 1. The molecule has 112 valence electrons. The third-order valence-corrected chi connectivity index (χ3v) is 3.01. The molecular formula is C17H21NO3. The van der Waals surface area contributed by atoms with Crippen LogP contribution in [0, 0.1) is 0 Å². The molecule has 2 rings (SSSR count). The maximum absolute atomic E-state index is 5.89.